The Labute approximate surface area is 109 Å². The third-order valence-corrected chi connectivity index (χ3v) is 5.19. The predicted molar refractivity (Wildman–Crippen MR) is 65.6 cm³/mol. The van der Waals surface area contributed by atoms with E-state index in [1.807, 2.05) is 6.07 Å². The zero-order valence-corrected chi connectivity index (χ0v) is 11.2. The van der Waals surface area contributed by atoms with Crippen LogP contribution in [0.5, 0.6) is 0 Å². The summed E-state index contributed by atoms with van der Waals surface area (Å²) in [5.74, 6) is -1.57. The third-order valence-electron chi connectivity index (χ3n) is 2.25. The number of carbonyl (C=O) groups is 1. The molecule has 0 saturated heterocycles. The van der Waals surface area contributed by atoms with E-state index >= 15 is 0 Å². The average Bonchev–Trinajstić information content (AvgIpc) is 2.77. The van der Waals surface area contributed by atoms with Crippen molar-refractivity contribution in [2.24, 2.45) is 5.92 Å². The van der Waals surface area contributed by atoms with Gasteiger partial charge in [-0.05, 0) is 18.6 Å². The number of carboxylic acid groups (broad SMARTS) is 1. The first-order valence-corrected chi connectivity index (χ1v) is 7.39. The minimum absolute atomic E-state index is 0.0512. The van der Waals surface area contributed by atoms with Crippen LogP contribution < -0.4 is 4.72 Å². The summed E-state index contributed by atoms with van der Waals surface area (Å²) >= 11 is 0.877. The molecule has 1 heterocycles. The standard InChI is InChI=1S/C10H12N2O4S2/c1-7(10(13)14)4-5-12-18(15,16)9-3-2-8(6-11)17-9/h2-3,7,12H,4-5H2,1H3,(H,13,14). The summed E-state index contributed by atoms with van der Waals surface area (Å²) < 4.78 is 25.9. The minimum Gasteiger partial charge on any atom is -0.481 e. The molecule has 98 valence electrons. The Morgan fingerprint density at radius 3 is 2.78 bits per heavy atom. The van der Waals surface area contributed by atoms with E-state index in [0.717, 1.165) is 11.3 Å². The SMILES string of the molecule is CC(CCNS(=O)(=O)c1ccc(C#N)s1)C(=O)O. The van der Waals surface area contributed by atoms with Gasteiger partial charge in [0.2, 0.25) is 10.0 Å². The summed E-state index contributed by atoms with van der Waals surface area (Å²) in [4.78, 5) is 10.9. The zero-order valence-electron chi connectivity index (χ0n) is 9.58. The van der Waals surface area contributed by atoms with Gasteiger partial charge in [-0.15, -0.1) is 11.3 Å². The highest BCUT2D eigenvalue weighted by Crippen LogP contribution is 2.20. The zero-order chi connectivity index (χ0) is 13.8. The van der Waals surface area contributed by atoms with E-state index in [1.165, 1.54) is 19.1 Å². The number of thiophene rings is 1. The molecule has 18 heavy (non-hydrogen) atoms. The second kappa shape index (κ2) is 5.95. The van der Waals surface area contributed by atoms with Crippen molar-refractivity contribution in [2.75, 3.05) is 6.54 Å². The normalized spacial score (nSPS) is 12.9. The van der Waals surface area contributed by atoms with Crippen LogP contribution in [-0.2, 0) is 14.8 Å². The molecule has 8 heteroatoms. The van der Waals surface area contributed by atoms with Crippen LogP contribution in [0.4, 0.5) is 0 Å². The number of nitriles is 1. The van der Waals surface area contributed by atoms with Crippen LogP contribution in [-0.4, -0.2) is 26.0 Å². The van der Waals surface area contributed by atoms with Crippen LogP contribution in [0.3, 0.4) is 0 Å². The summed E-state index contributed by atoms with van der Waals surface area (Å²) in [5, 5.41) is 17.3. The van der Waals surface area contributed by atoms with Crippen LogP contribution in [0.15, 0.2) is 16.3 Å². The van der Waals surface area contributed by atoms with E-state index in [9.17, 15) is 13.2 Å². The van der Waals surface area contributed by atoms with Crippen molar-refractivity contribution in [1.29, 1.82) is 5.26 Å². The van der Waals surface area contributed by atoms with E-state index in [1.54, 1.807) is 0 Å². The number of nitrogens with zero attached hydrogens (tertiary/aromatic N) is 1. The van der Waals surface area contributed by atoms with Gasteiger partial charge in [0.1, 0.15) is 15.2 Å². The molecule has 0 amide bonds. The number of rotatable bonds is 6. The van der Waals surface area contributed by atoms with Crippen LogP contribution >= 0.6 is 11.3 Å². The Morgan fingerprint density at radius 1 is 1.61 bits per heavy atom. The fourth-order valence-electron chi connectivity index (χ4n) is 1.13. The highest BCUT2D eigenvalue weighted by atomic mass is 32.2. The van der Waals surface area contributed by atoms with Crippen LogP contribution in [0.1, 0.15) is 18.2 Å². The highest BCUT2D eigenvalue weighted by Gasteiger charge is 2.18. The summed E-state index contributed by atoms with van der Waals surface area (Å²) in [6.07, 6.45) is 0.213. The average molecular weight is 288 g/mol. The Hall–Kier alpha value is -1.43. The minimum atomic E-state index is -3.65. The van der Waals surface area contributed by atoms with Crippen molar-refractivity contribution < 1.29 is 18.3 Å². The van der Waals surface area contributed by atoms with E-state index in [4.69, 9.17) is 10.4 Å². The summed E-state index contributed by atoms with van der Waals surface area (Å²) in [5.41, 5.74) is 0. The molecule has 0 aromatic carbocycles. The molecule has 0 saturated carbocycles. The number of nitrogens with one attached hydrogen (secondary N) is 1. The van der Waals surface area contributed by atoms with Crippen molar-refractivity contribution in [3.8, 4) is 6.07 Å². The van der Waals surface area contributed by atoms with Gasteiger partial charge in [0, 0.05) is 6.54 Å². The van der Waals surface area contributed by atoms with Crippen LogP contribution in [0, 0.1) is 17.2 Å². The van der Waals surface area contributed by atoms with Crippen molar-refractivity contribution in [3.05, 3.63) is 17.0 Å². The third kappa shape index (κ3) is 3.80. The van der Waals surface area contributed by atoms with Gasteiger partial charge in [-0.3, -0.25) is 4.79 Å². The Kier molecular flexibility index (Phi) is 4.84. The number of sulfonamides is 1. The van der Waals surface area contributed by atoms with Gasteiger partial charge >= 0.3 is 5.97 Å². The number of hydrogen-bond donors (Lipinski definition) is 2. The van der Waals surface area contributed by atoms with Crippen molar-refractivity contribution in [1.82, 2.24) is 4.72 Å². The van der Waals surface area contributed by atoms with Gasteiger partial charge in [0.25, 0.3) is 0 Å². The Morgan fingerprint density at radius 2 is 2.28 bits per heavy atom. The lowest BCUT2D eigenvalue weighted by molar-refractivity contribution is -0.141. The lowest BCUT2D eigenvalue weighted by Crippen LogP contribution is -2.26. The fourth-order valence-corrected chi connectivity index (χ4v) is 3.32. The molecule has 0 fully saturated rings. The van der Waals surface area contributed by atoms with E-state index in [0.29, 0.717) is 4.88 Å². The van der Waals surface area contributed by atoms with Gasteiger partial charge in [-0.25, -0.2) is 13.1 Å². The Bertz CT molecular complexity index is 571. The molecule has 1 atom stereocenters. The largest absolute Gasteiger partial charge is 0.481 e. The predicted octanol–water partition coefficient (Wildman–Crippen LogP) is 1.01. The molecule has 1 aromatic heterocycles. The first kappa shape index (κ1) is 14.6. The lowest BCUT2D eigenvalue weighted by atomic mass is 10.1. The maximum Gasteiger partial charge on any atom is 0.306 e. The molecule has 1 aromatic rings. The fraction of sp³-hybridized carbons (Fsp3) is 0.400. The monoisotopic (exact) mass is 288 g/mol. The smallest absolute Gasteiger partial charge is 0.306 e. The molecule has 0 bridgehead atoms. The summed E-state index contributed by atoms with van der Waals surface area (Å²) in [7, 11) is -3.65. The maximum absolute atomic E-state index is 11.8. The topological polar surface area (TPSA) is 107 Å². The molecule has 1 rings (SSSR count). The maximum atomic E-state index is 11.8. The van der Waals surface area contributed by atoms with Gasteiger partial charge in [0.05, 0.1) is 5.92 Å². The van der Waals surface area contributed by atoms with Gasteiger partial charge < -0.3 is 5.11 Å². The number of aliphatic carboxylic acids is 1. The molecule has 0 radical (unpaired) electrons. The van der Waals surface area contributed by atoms with Crippen LogP contribution in [0.25, 0.3) is 0 Å². The quantitative estimate of drug-likeness (QED) is 0.812. The van der Waals surface area contributed by atoms with Gasteiger partial charge in [0.15, 0.2) is 0 Å². The molecular formula is C10H12N2O4S2. The summed E-state index contributed by atoms with van der Waals surface area (Å²) in [6.45, 7) is 1.56. The van der Waals surface area contributed by atoms with E-state index in [2.05, 4.69) is 4.72 Å². The molecule has 1 unspecified atom stereocenters. The van der Waals surface area contributed by atoms with Gasteiger partial charge in [-0.1, -0.05) is 6.92 Å². The number of carboxylic acids is 1. The Balaban J connectivity index is 2.61. The number of hydrogen-bond acceptors (Lipinski definition) is 5. The molecule has 0 spiro atoms. The molecule has 2 N–H and O–H groups in total. The summed E-state index contributed by atoms with van der Waals surface area (Å²) in [6, 6.07) is 4.64. The van der Waals surface area contributed by atoms with E-state index in [-0.39, 0.29) is 17.2 Å². The highest BCUT2D eigenvalue weighted by molar-refractivity contribution is 7.91. The molecule has 0 aliphatic heterocycles. The van der Waals surface area contributed by atoms with E-state index < -0.39 is 21.9 Å². The second-order valence-electron chi connectivity index (χ2n) is 3.66. The second-order valence-corrected chi connectivity index (χ2v) is 6.73. The molecule has 0 aliphatic rings. The van der Waals surface area contributed by atoms with Gasteiger partial charge in [-0.2, -0.15) is 5.26 Å². The molecular weight excluding hydrogens is 276 g/mol. The lowest BCUT2D eigenvalue weighted by Gasteiger charge is -2.07. The molecule has 6 nitrogen and oxygen atoms in total. The van der Waals surface area contributed by atoms with Crippen molar-refractivity contribution in [3.63, 3.8) is 0 Å². The first-order chi connectivity index (χ1) is 8.36. The van der Waals surface area contributed by atoms with Crippen LogP contribution in [0.2, 0.25) is 0 Å². The first-order valence-electron chi connectivity index (χ1n) is 5.09. The molecule has 0 aliphatic carbocycles. The van der Waals surface area contributed by atoms with Crippen molar-refractivity contribution >= 4 is 27.3 Å². The van der Waals surface area contributed by atoms with Crippen molar-refractivity contribution in [2.45, 2.75) is 17.6 Å².